The van der Waals surface area contributed by atoms with Crippen LogP contribution in [0.5, 0.6) is 0 Å². The maximum atomic E-state index is 13.5. The quantitative estimate of drug-likeness (QED) is 0.0837. The number of thiophene rings is 1. The molecule has 0 bridgehead atoms. The van der Waals surface area contributed by atoms with Gasteiger partial charge in [-0.15, -0.1) is 23.1 Å². The lowest BCUT2D eigenvalue weighted by Gasteiger charge is -2.16. The number of aryl methyl sites for hydroxylation is 1. The van der Waals surface area contributed by atoms with Crippen molar-refractivity contribution in [3.63, 3.8) is 0 Å². The molecule has 3 amide bonds. The summed E-state index contributed by atoms with van der Waals surface area (Å²) in [5.74, 6) is -1.64. The minimum Gasteiger partial charge on any atom is -0.465 e. The van der Waals surface area contributed by atoms with Crippen LogP contribution in [0.3, 0.4) is 0 Å². The van der Waals surface area contributed by atoms with Gasteiger partial charge in [-0.3, -0.25) is 14.4 Å². The Labute approximate surface area is 286 Å². The highest BCUT2D eigenvalue weighted by molar-refractivity contribution is 8.00. The molecule has 1 aliphatic rings. The Morgan fingerprint density at radius 3 is 2.45 bits per heavy atom. The van der Waals surface area contributed by atoms with Crippen LogP contribution in [0.2, 0.25) is 5.02 Å². The standard InChI is InChI=1S/C36H34ClN3O5S2/c1-3-29(34(43)40-35-31(36(44)45-2)26-17-8-10-19-30(26)47-35)46-25-16-11-15-24(21-25)38-33(42)28(20-23-14-7-9-18-27(23)37)39-32(41)22-12-5-4-6-13-22/h4-7,9,11-16,18,20-21,29H,3,8,10,17,19H2,1-2H3,(H,38,42)(H,39,41)(H,40,43)/b28-20+. The number of thioether (sulfide) groups is 1. The van der Waals surface area contributed by atoms with Crippen molar-refractivity contribution in [2.45, 2.75) is 49.2 Å². The average molecular weight is 688 g/mol. The fourth-order valence-corrected chi connectivity index (χ4v) is 7.67. The van der Waals surface area contributed by atoms with Crippen LogP contribution < -0.4 is 16.0 Å². The number of hydrogen-bond acceptors (Lipinski definition) is 7. The second-order valence-corrected chi connectivity index (χ2v) is 13.6. The van der Waals surface area contributed by atoms with Gasteiger partial charge in [0.15, 0.2) is 0 Å². The summed E-state index contributed by atoms with van der Waals surface area (Å²) in [6.07, 6.45) is 5.79. The largest absolute Gasteiger partial charge is 0.465 e. The first-order valence-corrected chi connectivity index (χ1v) is 17.3. The minimum atomic E-state index is -0.543. The van der Waals surface area contributed by atoms with Gasteiger partial charge < -0.3 is 20.7 Å². The molecule has 1 aromatic heterocycles. The van der Waals surface area contributed by atoms with E-state index in [1.165, 1.54) is 36.3 Å². The molecule has 0 radical (unpaired) electrons. The second kappa shape index (κ2) is 15.9. The molecule has 8 nitrogen and oxygen atoms in total. The molecule has 1 heterocycles. The molecule has 0 saturated heterocycles. The first-order chi connectivity index (χ1) is 22.8. The van der Waals surface area contributed by atoms with E-state index < -0.39 is 23.0 Å². The number of benzene rings is 3. The molecule has 1 unspecified atom stereocenters. The van der Waals surface area contributed by atoms with E-state index >= 15 is 0 Å². The molecule has 1 aliphatic carbocycles. The highest BCUT2D eigenvalue weighted by Gasteiger charge is 2.28. The molecular formula is C36H34ClN3O5S2. The number of carbonyl (C=O) groups is 4. The highest BCUT2D eigenvalue weighted by Crippen LogP contribution is 2.39. The lowest BCUT2D eigenvalue weighted by molar-refractivity contribution is -0.116. The summed E-state index contributed by atoms with van der Waals surface area (Å²) < 4.78 is 5.05. The van der Waals surface area contributed by atoms with E-state index in [4.69, 9.17) is 16.3 Å². The molecule has 0 fully saturated rings. The minimum absolute atomic E-state index is 0.0101. The first-order valence-electron chi connectivity index (χ1n) is 15.2. The predicted molar refractivity (Wildman–Crippen MR) is 189 cm³/mol. The summed E-state index contributed by atoms with van der Waals surface area (Å²) in [6.45, 7) is 1.92. The van der Waals surface area contributed by atoms with Gasteiger partial charge in [0.25, 0.3) is 11.8 Å². The monoisotopic (exact) mass is 687 g/mol. The number of nitrogens with one attached hydrogen (secondary N) is 3. The summed E-state index contributed by atoms with van der Waals surface area (Å²) in [4.78, 5) is 54.6. The third-order valence-electron chi connectivity index (χ3n) is 7.56. The summed E-state index contributed by atoms with van der Waals surface area (Å²) in [7, 11) is 1.35. The van der Waals surface area contributed by atoms with Gasteiger partial charge in [-0.05, 0) is 85.7 Å². The number of amides is 3. The molecule has 4 aromatic rings. The summed E-state index contributed by atoms with van der Waals surface area (Å²) in [5.41, 5.74) is 2.90. The zero-order valence-electron chi connectivity index (χ0n) is 25.9. The van der Waals surface area contributed by atoms with Crippen LogP contribution in [0.15, 0.2) is 89.5 Å². The molecule has 3 N–H and O–H groups in total. The average Bonchev–Trinajstić information content (AvgIpc) is 3.45. The number of carbonyl (C=O) groups excluding carboxylic acids is 4. The maximum absolute atomic E-state index is 13.5. The predicted octanol–water partition coefficient (Wildman–Crippen LogP) is 7.99. The summed E-state index contributed by atoms with van der Waals surface area (Å²) in [6, 6.07) is 22.8. The highest BCUT2D eigenvalue weighted by atomic mass is 35.5. The van der Waals surface area contributed by atoms with Crippen molar-refractivity contribution in [3.8, 4) is 0 Å². The maximum Gasteiger partial charge on any atom is 0.341 e. The van der Waals surface area contributed by atoms with E-state index in [1.807, 2.05) is 13.0 Å². The van der Waals surface area contributed by atoms with Crippen LogP contribution >= 0.6 is 34.7 Å². The van der Waals surface area contributed by atoms with E-state index in [-0.39, 0.29) is 11.6 Å². The van der Waals surface area contributed by atoms with Gasteiger partial charge in [0.2, 0.25) is 5.91 Å². The van der Waals surface area contributed by atoms with Crippen molar-refractivity contribution in [2.24, 2.45) is 0 Å². The fraction of sp³-hybridized carbons (Fsp3) is 0.222. The van der Waals surface area contributed by atoms with Crippen molar-refractivity contribution in [2.75, 3.05) is 17.7 Å². The van der Waals surface area contributed by atoms with E-state index in [9.17, 15) is 19.2 Å². The molecule has 242 valence electrons. The van der Waals surface area contributed by atoms with Gasteiger partial charge in [0.05, 0.1) is 17.9 Å². The Morgan fingerprint density at radius 2 is 1.70 bits per heavy atom. The topological polar surface area (TPSA) is 114 Å². The SMILES string of the molecule is CCC(Sc1cccc(NC(=O)/C(=C\c2ccccc2Cl)NC(=O)c2ccccc2)c1)C(=O)Nc1sc2c(c1C(=O)OC)CCCC2. The van der Waals surface area contributed by atoms with Crippen LogP contribution in [0, 0.1) is 0 Å². The zero-order chi connectivity index (χ0) is 33.3. The second-order valence-electron chi connectivity index (χ2n) is 10.8. The van der Waals surface area contributed by atoms with Gasteiger partial charge in [-0.25, -0.2) is 4.79 Å². The normalized spacial score (nSPS) is 13.2. The number of ether oxygens (including phenoxy) is 1. The fourth-order valence-electron chi connectivity index (χ4n) is 5.19. The summed E-state index contributed by atoms with van der Waals surface area (Å²) >= 11 is 9.16. The molecule has 0 saturated carbocycles. The lowest BCUT2D eigenvalue weighted by atomic mass is 9.95. The molecular weight excluding hydrogens is 654 g/mol. The third-order valence-corrected chi connectivity index (χ3v) is 10.5. The number of fused-ring (bicyclic) bond motifs is 1. The lowest BCUT2D eigenvalue weighted by Crippen LogP contribution is -2.30. The van der Waals surface area contributed by atoms with Crippen LogP contribution in [0.25, 0.3) is 6.08 Å². The van der Waals surface area contributed by atoms with E-state index in [0.717, 1.165) is 41.0 Å². The Kier molecular flexibility index (Phi) is 11.5. The zero-order valence-corrected chi connectivity index (χ0v) is 28.3. The molecule has 11 heteroatoms. The Balaban J connectivity index is 1.32. The number of halogens is 1. The number of rotatable bonds is 11. The number of methoxy groups -OCH3 is 1. The van der Waals surface area contributed by atoms with Crippen molar-refractivity contribution in [1.29, 1.82) is 0 Å². The number of hydrogen-bond donors (Lipinski definition) is 3. The molecule has 1 atom stereocenters. The van der Waals surface area contributed by atoms with Crippen LogP contribution in [0.4, 0.5) is 10.7 Å². The first kappa shape index (κ1) is 34.0. The molecule has 5 rings (SSSR count). The van der Waals surface area contributed by atoms with E-state index in [0.29, 0.717) is 38.8 Å². The van der Waals surface area contributed by atoms with Crippen molar-refractivity contribution in [1.82, 2.24) is 5.32 Å². The molecule has 0 spiro atoms. The smallest absolute Gasteiger partial charge is 0.341 e. The molecule has 0 aliphatic heterocycles. The van der Waals surface area contributed by atoms with Gasteiger partial charge >= 0.3 is 5.97 Å². The Hall–Kier alpha value is -4.38. The van der Waals surface area contributed by atoms with E-state index in [1.54, 1.807) is 72.8 Å². The molecule has 3 aromatic carbocycles. The Morgan fingerprint density at radius 1 is 0.957 bits per heavy atom. The van der Waals surface area contributed by atoms with Crippen LogP contribution in [-0.2, 0) is 27.2 Å². The van der Waals surface area contributed by atoms with Crippen LogP contribution in [-0.4, -0.2) is 36.1 Å². The van der Waals surface area contributed by atoms with Gasteiger partial charge in [-0.1, -0.05) is 61.0 Å². The third kappa shape index (κ3) is 8.51. The number of esters is 1. The number of anilines is 2. The summed E-state index contributed by atoms with van der Waals surface area (Å²) in [5, 5.41) is 9.08. The van der Waals surface area contributed by atoms with Gasteiger partial charge in [0.1, 0.15) is 10.7 Å². The van der Waals surface area contributed by atoms with Gasteiger partial charge in [-0.2, -0.15) is 0 Å². The molecule has 47 heavy (non-hydrogen) atoms. The van der Waals surface area contributed by atoms with Crippen molar-refractivity contribution in [3.05, 3.63) is 117 Å². The van der Waals surface area contributed by atoms with E-state index in [2.05, 4.69) is 16.0 Å². The van der Waals surface area contributed by atoms with Crippen LogP contribution in [0.1, 0.15) is 62.9 Å². The Bertz CT molecular complexity index is 1820. The van der Waals surface area contributed by atoms with Crippen molar-refractivity contribution >= 4 is 75.2 Å². The van der Waals surface area contributed by atoms with Gasteiger partial charge in [0, 0.05) is 26.0 Å². The van der Waals surface area contributed by atoms with Crippen molar-refractivity contribution < 1.29 is 23.9 Å².